The van der Waals surface area contributed by atoms with Crippen molar-refractivity contribution >= 4 is 28.8 Å². The van der Waals surface area contributed by atoms with Crippen molar-refractivity contribution < 1.29 is 18.8 Å². The van der Waals surface area contributed by atoms with Crippen LogP contribution in [0.5, 0.6) is 0 Å². The molecular formula is C23H23N3O4. The number of nitrogens with one attached hydrogen (secondary N) is 2. The van der Waals surface area contributed by atoms with Gasteiger partial charge in [0.2, 0.25) is 5.91 Å². The Morgan fingerprint density at radius 1 is 1.13 bits per heavy atom. The van der Waals surface area contributed by atoms with E-state index < -0.39 is 23.4 Å². The number of hydrogen-bond acceptors (Lipinski definition) is 4. The second-order valence-electron chi connectivity index (χ2n) is 7.35. The number of amides is 4. The number of aryl methyl sites for hydroxylation is 1. The summed E-state index contributed by atoms with van der Waals surface area (Å²) >= 11 is 0. The van der Waals surface area contributed by atoms with Gasteiger partial charge < -0.3 is 9.73 Å². The summed E-state index contributed by atoms with van der Waals surface area (Å²) in [7, 11) is 0. The zero-order valence-corrected chi connectivity index (χ0v) is 16.9. The van der Waals surface area contributed by atoms with Crippen LogP contribution in [0.3, 0.4) is 0 Å². The van der Waals surface area contributed by atoms with Gasteiger partial charge in [0.15, 0.2) is 0 Å². The number of fused-ring (bicyclic) bond motifs is 1. The molecule has 0 aliphatic carbocycles. The van der Waals surface area contributed by atoms with Crippen molar-refractivity contribution in [2.75, 3.05) is 0 Å². The van der Waals surface area contributed by atoms with E-state index in [0.717, 1.165) is 22.4 Å². The van der Waals surface area contributed by atoms with Gasteiger partial charge in [0.1, 0.15) is 11.1 Å². The molecule has 154 valence electrons. The highest BCUT2D eigenvalue weighted by molar-refractivity contribution is 6.08. The van der Waals surface area contributed by atoms with Crippen molar-refractivity contribution in [1.29, 1.82) is 0 Å². The lowest BCUT2D eigenvalue weighted by atomic mass is 9.87. The summed E-state index contributed by atoms with van der Waals surface area (Å²) in [5.41, 5.74) is 4.49. The van der Waals surface area contributed by atoms with Gasteiger partial charge in [-0.1, -0.05) is 56.3 Å². The Morgan fingerprint density at radius 3 is 2.60 bits per heavy atom. The lowest BCUT2D eigenvalue weighted by molar-refractivity contribution is -0.139. The fraction of sp³-hybridized carbons (Fsp3) is 0.261. The van der Waals surface area contributed by atoms with Crippen LogP contribution >= 0.6 is 0 Å². The van der Waals surface area contributed by atoms with Crippen LogP contribution in [0.2, 0.25) is 0 Å². The molecule has 30 heavy (non-hydrogen) atoms. The standard InChI is InChI=1S/C23H23N3O4/c1-3-15-10-11-18-16(14-30-19(18)12-15)13-20(27)25-26-21(28)23(4-2,24-22(26)29)17-8-6-5-7-9-17/h5-12,14H,3-4,13H2,1-2H3,(H,24,29)(H,25,27)/t23-/m1/s1. The Balaban J connectivity index is 1.52. The van der Waals surface area contributed by atoms with Gasteiger partial charge in [-0.15, -0.1) is 0 Å². The summed E-state index contributed by atoms with van der Waals surface area (Å²) in [5.74, 6) is -0.972. The monoisotopic (exact) mass is 405 g/mol. The summed E-state index contributed by atoms with van der Waals surface area (Å²) in [5, 5.41) is 4.36. The molecule has 1 saturated heterocycles. The van der Waals surface area contributed by atoms with Crippen LogP contribution in [0, 0.1) is 0 Å². The van der Waals surface area contributed by atoms with Gasteiger partial charge in [-0.3, -0.25) is 15.0 Å². The SMILES string of the molecule is CCc1ccc2c(CC(=O)NN3C(=O)N[C@](CC)(c4ccccc4)C3=O)coc2c1. The van der Waals surface area contributed by atoms with Crippen LogP contribution in [0.4, 0.5) is 4.79 Å². The quantitative estimate of drug-likeness (QED) is 0.615. The lowest BCUT2D eigenvalue weighted by Crippen LogP contribution is -2.49. The minimum absolute atomic E-state index is 0.0139. The third-order valence-electron chi connectivity index (χ3n) is 5.60. The molecule has 2 N–H and O–H groups in total. The molecule has 1 atom stereocenters. The van der Waals surface area contributed by atoms with Gasteiger partial charge in [0.05, 0.1) is 12.7 Å². The molecule has 4 amide bonds. The van der Waals surface area contributed by atoms with Gasteiger partial charge in [-0.25, -0.2) is 4.79 Å². The molecule has 1 aliphatic heterocycles. The molecule has 1 aromatic heterocycles. The predicted octanol–water partition coefficient (Wildman–Crippen LogP) is 3.43. The lowest BCUT2D eigenvalue weighted by Gasteiger charge is -2.25. The number of hydrogen-bond donors (Lipinski definition) is 2. The molecule has 1 aliphatic rings. The van der Waals surface area contributed by atoms with Crippen molar-refractivity contribution in [3.63, 3.8) is 0 Å². The van der Waals surface area contributed by atoms with E-state index in [1.165, 1.54) is 6.26 Å². The number of furan rings is 1. The highest BCUT2D eigenvalue weighted by Crippen LogP contribution is 2.31. The Kier molecular flexibility index (Phi) is 5.03. The third kappa shape index (κ3) is 3.22. The number of carbonyl (C=O) groups is 3. The highest BCUT2D eigenvalue weighted by Gasteiger charge is 2.52. The maximum atomic E-state index is 13.1. The van der Waals surface area contributed by atoms with Crippen molar-refractivity contribution in [3.8, 4) is 0 Å². The summed E-state index contributed by atoms with van der Waals surface area (Å²) in [6.07, 6.45) is 2.77. The normalized spacial score (nSPS) is 18.7. The van der Waals surface area contributed by atoms with Crippen molar-refractivity contribution in [3.05, 3.63) is 71.5 Å². The average molecular weight is 405 g/mol. The number of hydrazine groups is 1. The molecule has 0 unspecified atom stereocenters. The number of carbonyl (C=O) groups excluding carboxylic acids is 3. The highest BCUT2D eigenvalue weighted by atomic mass is 16.3. The second kappa shape index (κ2) is 7.67. The average Bonchev–Trinajstić information content (AvgIpc) is 3.27. The van der Waals surface area contributed by atoms with Gasteiger partial charge in [-0.2, -0.15) is 5.01 Å². The Morgan fingerprint density at radius 2 is 1.90 bits per heavy atom. The minimum atomic E-state index is -1.19. The van der Waals surface area contributed by atoms with Gasteiger partial charge in [0.25, 0.3) is 5.91 Å². The first kappa shape index (κ1) is 19.7. The summed E-state index contributed by atoms with van der Waals surface area (Å²) in [4.78, 5) is 38.2. The molecule has 0 radical (unpaired) electrons. The molecule has 0 bridgehead atoms. The van der Waals surface area contributed by atoms with Crippen LogP contribution in [0.15, 0.2) is 59.2 Å². The van der Waals surface area contributed by atoms with E-state index in [-0.39, 0.29) is 6.42 Å². The van der Waals surface area contributed by atoms with E-state index in [2.05, 4.69) is 17.7 Å². The van der Waals surface area contributed by atoms with E-state index >= 15 is 0 Å². The topological polar surface area (TPSA) is 91.7 Å². The first-order valence-corrected chi connectivity index (χ1v) is 9.99. The molecule has 7 nitrogen and oxygen atoms in total. The molecule has 2 aromatic carbocycles. The maximum Gasteiger partial charge on any atom is 0.344 e. The molecule has 0 spiro atoms. The number of urea groups is 1. The predicted molar refractivity (Wildman–Crippen MR) is 111 cm³/mol. The number of rotatable bonds is 6. The van der Waals surface area contributed by atoms with Gasteiger partial charge >= 0.3 is 6.03 Å². The van der Waals surface area contributed by atoms with E-state index in [0.29, 0.717) is 23.1 Å². The van der Waals surface area contributed by atoms with Crippen LogP contribution in [0.25, 0.3) is 11.0 Å². The number of benzene rings is 2. The van der Waals surface area contributed by atoms with Crippen LogP contribution < -0.4 is 10.7 Å². The fourth-order valence-corrected chi connectivity index (χ4v) is 3.86. The third-order valence-corrected chi connectivity index (χ3v) is 5.60. The largest absolute Gasteiger partial charge is 0.464 e. The Labute approximate surface area is 174 Å². The zero-order chi connectivity index (χ0) is 21.3. The number of imide groups is 1. The van der Waals surface area contributed by atoms with Crippen molar-refractivity contribution in [2.45, 2.75) is 38.6 Å². The zero-order valence-electron chi connectivity index (χ0n) is 16.9. The smallest absolute Gasteiger partial charge is 0.344 e. The molecule has 2 heterocycles. The summed E-state index contributed by atoms with van der Waals surface area (Å²) in [6.45, 7) is 3.88. The van der Waals surface area contributed by atoms with Crippen molar-refractivity contribution in [1.82, 2.24) is 15.8 Å². The second-order valence-corrected chi connectivity index (χ2v) is 7.35. The van der Waals surface area contributed by atoms with E-state index in [9.17, 15) is 14.4 Å². The van der Waals surface area contributed by atoms with Crippen molar-refractivity contribution in [2.24, 2.45) is 0 Å². The first-order valence-electron chi connectivity index (χ1n) is 9.99. The molecule has 7 heteroatoms. The summed E-state index contributed by atoms with van der Waals surface area (Å²) < 4.78 is 5.57. The summed E-state index contributed by atoms with van der Waals surface area (Å²) in [6, 6.07) is 14.2. The van der Waals surface area contributed by atoms with E-state index in [1.807, 2.05) is 31.2 Å². The molecule has 4 rings (SSSR count). The van der Waals surface area contributed by atoms with Gasteiger partial charge in [0, 0.05) is 10.9 Å². The Hall–Kier alpha value is -3.61. The first-order chi connectivity index (χ1) is 14.5. The Bertz CT molecular complexity index is 1120. The molecule has 0 saturated carbocycles. The minimum Gasteiger partial charge on any atom is -0.464 e. The van der Waals surface area contributed by atoms with Crippen LogP contribution in [-0.2, 0) is 28.0 Å². The molecule has 3 aromatic rings. The van der Waals surface area contributed by atoms with Crippen LogP contribution in [-0.4, -0.2) is 22.9 Å². The van der Waals surface area contributed by atoms with Gasteiger partial charge in [-0.05, 0) is 30.0 Å². The van der Waals surface area contributed by atoms with E-state index in [1.54, 1.807) is 24.3 Å². The number of nitrogens with zero attached hydrogens (tertiary/aromatic N) is 1. The van der Waals surface area contributed by atoms with E-state index in [4.69, 9.17) is 4.42 Å². The maximum absolute atomic E-state index is 13.1. The van der Waals surface area contributed by atoms with Crippen LogP contribution in [0.1, 0.15) is 37.0 Å². The molecular weight excluding hydrogens is 382 g/mol. The molecule has 1 fully saturated rings. The fourth-order valence-electron chi connectivity index (χ4n) is 3.86.